The predicted molar refractivity (Wildman–Crippen MR) is 46.4 cm³/mol. The molecule has 0 saturated heterocycles. The lowest BCUT2D eigenvalue weighted by Gasteiger charge is -1.98. The second-order valence-electron chi connectivity index (χ2n) is 2.68. The van der Waals surface area contributed by atoms with Gasteiger partial charge in [0.05, 0.1) is 5.84 Å². The van der Waals surface area contributed by atoms with Gasteiger partial charge in [-0.1, -0.05) is 6.07 Å². The zero-order chi connectivity index (χ0) is 9.26. The van der Waals surface area contributed by atoms with Gasteiger partial charge in [0.15, 0.2) is 5.65 Å². The molecule has 0 aliphatic rings. The number of tetrazole rings is 1. The van der Waals surface area contributed by atoms with E-state index in [0.717, 1.165) is 5.56 Å². The van der Waals surface area contributed by atoms with Crippen molar-refractivity contribution in [3.8, 4) is 0 Å². The average Bonchev–Trinajstić information content (AvgIpc) is 2.51. The van der Waals surface area contributed by atoms with Gasteiger partial charge in [-0.2, -0.15) is 0 Å². The third-order valence-corrected chi connectivity index (χ3v) is 1.69. The number of fused-ring (bicyclic) bond motifs is 1. The Bertz CT molecular complexity index is 445. The van der Waals surface area contributed by atoms with Crippen LogP contribution in [0.15, 0.2) is 18.3 Å². The lowest BCUT2D eigenvalue weighted by Crippen LogP contribution is -2.13. The fraction of sp³-hybridized carbons (Fsp3) is 0.143. The van der Waals surface area contributed by atoms with E-state index in [1.54, 1.807) is 10.7 Å². The fourth-order valence-corrected chi connectivity index (χ4v) is 1.16. The molecule has 0 unspecified atom stereocenters. The van der Waals surface area contributed by atoms with Gasteiger partial charge in [0.25, 0.3) is 0 Å². The number of aromatic nitrogens is 4. The summed E-state index contributed by atoms with van der Waals surface area (Å²) in [6.45, 7) is 0. The van der Waals surface area contributed by atoms with Crippen molar-refractivity contribution in [2.45, 2.75) is 6.42 Å². The van der Waals surface area contributed by atoms with Gasteiger partial charge >= 0.3 is 0 Å². The summed E-state index contributed by atoms with van der Waals surface area (Å²) in [5.74, 6) is 0.108. The van der Waals surface area contributed by atoms with Gasteiger partial charge in [0.2, 0.25) is 0 Å². The number of hydrogen-bond donors (Lipinski definition) is 2. The fourth-order valence-electron chi connectivity index (χ4n) is 1.16. The number of nitrogens with zero attached hydrogens (tertiary/aromatic N) is 4. The minimum atomic E-state index is 0.108. The number of nitrogens with two attached hydrogens (primary N) is 1. The lowest BCUT2D eigenvalue weighted by atomic mass is 10.2. The van der Waals surface area contributed by atoms with E-state index in [0.29, 0.717) is 12.1 Å². The molecular formula is C7H8N6. The molecule has 0 aliphatic heterocycles. The van der Waals surface area contributed by atoms with Crippen LogP contribution in [0.1, 0.15) is 5.56 Å². The Labute approximate surface area is 73.9 Å². The molecule has 0 amide bonds. The molecular weight excluding hydrogens is 168 g/mol. The van der Waals surface area contributed by atoms with Crippen molar-refractivity contribution in [3.05, 3.63) is 23.9 Å². The highest BCUT2D eigenvalue weighted by molar-refractivity contribution is 5.81. The number of nitrogens with one attached hydrogen (secondary N) is 1. The highest BCUT2D eigenvalue weighted by Gasteiger charge is 2.04. The van der Waals surface area contributed by atoms with E-state index in [4.69, 9.17) is 11.1 Å². The Morgan fingerprint density at radius 1 is 1.62 bits per heavy atom. The molecule has 2 rings (SSSR count). The van der Waals surface area contributed by atoms with E-state index < -0.39 is 0 Å². The maximum atomic E-state index is 7.16. The van der Waals surface area contributed by atoms with E-state index >= 15 is 0 Å². The molecule has 3 N–H and O–H groups in total. The smallest absolute Gasteiger partial charge is 0.182 e. The van der Waals surface area contributed by atoms with Crippen LogP contribution in [0.2, 0.25) is 0 Å². The number of amidine groups is 1. The molecule has 0 atom stereocenters. The van der Waals surface area contributed by atoms with E-state index in [9.17, 15) is 0 Å². The van der Waals surface area contributed by atoms with Crippen molar-refractivity contribution >= 4 is 11.5 Å². The maximum Gasteiger partial charge on any atom is 0.182 e. The van der Waals surface area contributed by atoms with Crippen molar-refractivity contribution < 1.29 is 0 Å². The third kappa shape index (κ3) is 1.33. The zero-order valence-electron chi connectivity index (χ0n) is 6.81. The van der Waals surface area contributed by atoms with Gasteiger partial charge < -0.3 is 5.73 Å². The number of rotatable bonds is 2. The molecule has 0 bridgehead atoms. The highest BCUT2D eigenvalue weighted by Crippen LogP contribution is 2.05. The first kappa shape index (κ1) is 7.66. The van der Waals surface area contributed by atoms with E-state index in [2.05, 4.69) is 15.5 Å². The molecule has 6 nitrogen and oxygen atoms in total. The van der Waals surface area contributed by atoms with Crippen molar-refractivity contribution in [1.29, 1.82) is 5.41 Å². The Balaban J connectivity index is 2.54. The molecule has 6 heteroatoms. The minimum Gasteiger partial charge on any atom is -0.387 e. The maximum absolute atomic E-state index is 7.16. The van der Waals surface area contributed by atoms with Crippen LogP contribution in [-0.4, -0.2) is 25.9 Å². The van der Waals surface area contributed by atoms with Gasteiger partial charge in [0.1, 0.15) is 0 Å². The molecule has 0 fully saturated rings. The van der Waals surface area contributed by atoms with Crippen molar-refractivity contribution in [1.82, 2.24) is 20.0 Å². The molecule has 0 saturated carbocycles. The van der Waals surface area contributed by atoms with Crippen molar-refractivity contribution in [3.63, 3.8) is 0 Å². The van der Waals surface area contributed by atoms with Crippen LogP contribution in [0, 0.1) is 5.41 Å². The summed E-state index contributed by atoms with van der Waals surface area (Å²) in [7, 11) is 0. The largest absolute Gasteiger partial charge is 0.387 e. The molecule has 66 valence electrons. The van der Waals surface area contributed by atoms with Crippen LogP contribution in [0.4, 0.5) is 0 Å². The molecule has 2 heterocycles. The molecule has 0 spiro atoms. The summed E-state index contributed by atoms with van der Waals surface area (Å²) >= 11 is 0. The SMILES string of the molecule is N=C(N)Cc1cccn2nnnc12. The average molecular weight is 176 g/mol. The lowest BCUT2D eigenvalue weighted by molar-refractivity contribution is 0.822. The summed E-state index contributed by atoms with van der Waals surface area (Å²) in [6.07, 6.45) is 2.13. The van der Waals surface area contributed by atoms with E-state index in [1.807, 2.05) is 12.1 Å². The van der Waals surface area contributed by atoms with Gasteiger partial charge in [0, 0.05) is 18.2 Å². The Morgan fingerprint density at radius 3 is 3.23 bits per heavy atom. The second kappa shape index (κ2) is 2.81. The highest BCUT2D eigenvalue weighted by atomic mass is 15.5. The Kier molecular flexibility index (Phi) is 1.66. The zero-order valence-corrected chi connectivity index (χ0v) is 6.81. The third-order valence-electron chi connectivity index (χ3n) is 1.69. The van der Waals surface area contributed by atoms with Gasteiger partial charge in [-0.3, -0.25) is 5.41 Å². The number of pyridine rings is 1. The summed E-state index contributed by atoms with van der Waals surface area (Å²) in [4.78, 5) is 0. The van der Waals surface area contributed by atoms with E-state index in [-0.39, 0.29) is 5.84 Å². The van der Waals surface area contributed by atoms with Gasteiger partial charge in [-0.25, -0.2) is 4.52 Å². The molecule has 0 radical (unpaired) electrons. The molecule has 2 aromatic rings. The molecule has 2 aromatic heterocycles. The molecule has 0 aromatic carbocycles. The Morgan fingerprint density at radius 2 is 2.46 bits per heavy atom. The topological polar surface area (TPSA) is 93.0 Å². The first-order chi connectivity index (χ1) is 6.27. The van der Waals surface area contributed by atoms with E-state index in [1.165, 1.54) is 0 Å². The quantitative estimate of drug-likeness (QED) is 0.481. The monoisotopic (exact) mass is 176 g/mol. The summed E-state index contributed by atoms with van der Waals surface area (Å²) < 4.78 is 1.55. The molecule has 0 aliphatic carbocycles. The summed E-state index contributed by atoms with van der Waals surface area (Å²) in [5.41, 5.74) is 6.80. The van der Waals surface area contributed by atoms with Crippen LogP contribution in [0.5, 0.6) is 0 Å². The van der Waals surface area contributed by atoms with Crippen LogP contribution >= 0.6 is 0 Å². The van der Waals surface area contributed by atoms with Crippen LogP contribution < -0.4 is 5.73 Å². The van der Waals surface area contributed by atoms with Gasteiger partial charge in [-0.15, -0.1) is 5.10 Å². The standard InChI is InChI=1S/C7H8N6/c8-6(9)4-5-2-1-3-13-7(5)10-11-12-13/h1-3H,4H2,(H3,8,9). The van der Waals surface area contributed by atoms with Crippen molar-refractivity contribution in [2.75, 3.05) is 0 Å². The first-order valence-corrected chi connectivity index (χ1v) is 3.76. The van der Waals surface area contributed by atoms with Gasteiger partial charge in [-0.05, 0) is 16.5 Å². The number of hydrogen-bond acceptors (Lipinski definition) is 4. The normalized spacial score (nSPS) is 10.5. The molecule has 13 heavy (non-hydrogen) atoms. The summed E-state index contributed by atoms with van der Waals surface area (Å²) in [6, 6.07) is 3.68. The minimum absolute atomic E-state index is 0.108. The van der Waals surface area contributed by atoms with Crippen molar-refractivity contribution in [2.24, 2.45) is 5.73 Å². The first-order valence-electron chi connectivity index (χ1n) is 3.76. The second-order valence-corrected chi connectivity index (χ2v) is 2.68. The van der Waals surface area contributed by atoms with Crippen LogP contribution in [-0.2, 0) is 6.42 Å². The van der Waals surface area contributed by atoms with Crippen LogP contribution in [0.25, 0.3) is 5.65 Å². The summed E-state index contributed by atoms with van der Waals surface area (Å²) in [5, 5.41) is 18.2. The Hall–Kier alpha value is -1.98. The van der Waals surface area contributed by atoms with Crippen LogP contribution in [0.3, 0.4) is 0 Å². The predicted octanol–water partition coefficient (Wildman–Crippen LogP) is -0.397.